The van der Waals surface area contributed by atoms with Gasteiger partial charge in [0.25, 0.3) is 0 Å². The number of imidazole rings is 1. The summed E-state index contributed by atoms with van der Waals surface area (Å²) in [6, 6.07) is 2.20. The van der Waals surface area contributed by atoms with Crippen LogP contribution in [0.3, 0.4) is 0 Å². The standard InChI is InChI=1S/C11H10ClFN4O/c1-6-5-17(11(14)16-6)15-4-7-2-8(12)10(18)3-9(7)13/h2-5,18H,1H3,(H2,14,16). The molecule has 0 aliphatic carbocycles. The van der Waals surface area contributed by atoms with Gasteiger partial charge in [0, 0.05) is 11.6 Å². The maximum atomic E-state index is 13.5. The smallest absolute Gasteiger partial charge is 0.221 e. The van der Waals surface area contributed by atoms with Crippen LogP contribution in [0.25, 0.3) is 0 Å². The molecule has 2 rings (SSSR count). The lowest BCUT2D eigenvalue weighted by Crippen LogP contribution is -1.98. The highest BCUT2D eigenvalue weighted by atomic mass is 35.5. The molecule has 1 aromatic heterocycles. The first-order valence-corrected chi connectivity index (χ1v) is 5.39. The molecule has 0 bridgehead atoms. The summed E-state index contributed by atoms with van der Waals surface area (Å²) in [5.74, 6) is -0.741. The lowest BCUT2D eigenvalue weighted by Gasteiger charge is -2.00. The van der Waals surface area contributed by atoms with Crippen LogP contribution < -0.4 is 5.73 Å². The van der Waals surface area contributed by atoms with Gasteiger partial charge in [0.15, 0.2) is 0 Å². The first-order chi connectivity index (χ1) is 8.47. The Morgan fingerprint density at radius 1 is 1.56 bits per heavy atom. The van der Waals surface area contributed by atoms with Crippen molar-refractivity contribution < 1.29 is 9.50 Å². The summed E-state index contributed by atoms with van der Waals surface area (Å²) in [6.45, 7) is 1.76. The molecular formula is C11H10ClFN4O. The van der Waals surface area contributed by atoms with E-state index in [2.05, 4.69) is 10.1 Å². The number of hydrogen-bond donors (Lipinski definition) is 2. The molecule has 0 saturated heterocycles. The van der Waals surface area contributed by atoms with Crippen LogP contribution in [0.15, 0.2) is 23.4 Å². The number of benzene rings is 1. The molecule has 0 amide bonds. The summed E-state index contributed by atoms with van der Waals surface area (Å²) in [5.41, 5.74) is 6.42. The third kappa shape index (κ3) is 2.43. The van der Waals surface area contributed by atoms with Crippen molar-refractivity contribution >= 4 is 23.8 Å². The fraction of sp³-hybridized carbons (Fsp3) is 0.0909. The average Bonchev–Trinajstić information content (AvgIpc) is 2.61. The zero-order valence-electron chi connectivity index (χ0n) is 9.43. The Labute approximate surface area is 107 Å². The number of rotatable bonds is 2. The Balaban J connectivity index is 2.34. The molecule has 0 atom stereocenters. The zero-order chi connectivity index (χ0) is 13.3. The molecule has 0 saturated carbocycles. The second kappa shape index (κ2) is 4.66. The Morgan fingerprint density at radius 2 is 2.28 bits per heavy atom. The Hall–Kier alpha value is -2.08. The van der Waals surface area contributed by atoms with Crippen molar-refractivity contribution in [1.82, 2.24) is 9.66 Å². The van der Waals surface area contributed by atoms with Crippen LogP contribution in [0.2, 0.25) is 5.02 Å². The highest BCUT2D eigenvalue weighted by Crippen LogP contribution is 2.25. The number of aryl methyl sites for hydroxylation is 1. The van der Waals surface area contributed by atoms with Gasteiger partial charge in [-0.25, -0.2) is 14.1 Å². The number of nitrogens with zero attached hydrogens (tertiary/aromatic N) is 3. The maximum absolute atomic E-state index is 13.5. The van der Waals surface area contributed by atoms with Crippen molar-refractivity contribution in [3.8, 4) is 5.75 Å². The van der Waals surface area contributed by atoms with Crippen molar-refractivity contribution in [1.29, 1.82) is 0 Å². The summed E-state index contributed by atoms with van der Waals surface area (Å²) in [5, 5.41) is 13.2. The van der Waals surface area contributed by atoms with E-state index in [9.17, 15) is 9.50 Å². The number of anilines is 1. The number of phenols is 1. The van der Waals surface area contributed by atoms with Gasteiger partial charge in [-0.3, -0.25) is 0 Å². The van der Waals surface area contributed by atoms with Crippen molar-refractivity contribution in [2.75, 3.05) is 5.73 Å². The van der Waals surface area contributed by atoms with E-state index in [0.29, 0.717) is 5.69 Å². The topological polar surface area (TPSA) is 76.4 Å². The molecule has 2 aromatic rings. The summed E-state index contributed by atoms with van der Waals surface area (Å²) < 4.78 is 14.8. The molecule has 5 nitrogen and oxygen atoms in total. The van der Waals surface area contributed by atoms with E-state index < -0.39 is 5.82 Å². The molecule has 0 fully saturated rings. The van der Waals surface area contributed by atoms with Gasteiger partial charge in [-0.1, -0.05) is 11.6 Å². The highest BCUT2D eigenvalue weighted by Gasteiger charge is 2.06. The van der Waals surface area contributed by atoms with Gasteiger partial charge in [0.1, 0.15) is 11.6 Å². The van der Waals surface area contributed by atoms with E-state index in [1.54, 1.807) is 13.1 Å². The van der Waals surface area contributed by atoms with E-state index >= 15 is 0 Å². The molecule has 3 N–H and O–H groups in total. The van der Waals surface area contributed by atoms with E-state index in [4.69, 9.17) is 17.3 Å². The summed E-state index contributed by atoms with van der Waals surface area (Å²) >= 11 is 5.68. The molecule has 0 unspecified atom stereocenters. The van der Waals surface area contributed by atoms with Gasteiger partial charge in [-0.2, -0.15) is 5.10 Å². The lowest BCUT2D eigenvalue weighted by molar-refractivity contribution is 0.469. The number of aromatic hydroxyl groups is 1. The van der Waals surface area contributed by atoms with Crippen LogP contribution in [0.1, 0.15) is 11.3 Å². The summed E-state index contributed by atoms with van der Waals surface area (Å²) in [7, 11) is 0. The number of aromatic nitrogens is 2. The molecule has 7 heteroatoms. The van der Waals surface area contributed by atoms with Crippen molar-refractivity contribution in [2.24, 2.45) is 5.10 Å². The normalized spacial score (nSPS) is 11.3. The third-order valence-corrected chi connectivity index (χ3v) is 2.52. The monoisotopic (exact) mass is 268 g/mol. The fourth-order valence-electron chi connectivity index (χ4n) is 1.37. The van der Waals surface area contributed by atoms with Gasteiger partial charge in [0.2, 0.25) is 5.95 Å². The molecule has 1 aromatic carbocycles. The number of nitrogens with two attached hydrogens (primary N) is 1. The van der Waals surface area contributed by atoms with Crippen molar-refractivity contribution in [2.45, 2.75) is 6.92 Å². The van der Waals surface area contributed by atoms with Crippen LogP contribution in [-0.4, -0.2) is 21.0 Å². The summed E-state index contributed by atoms with van der Waals surface area (Å²) in [6.07, 6.45) is 2.85. The molecule has 1 heterocycles. The van der Waals surface area contributed by atoms with Crippen molar-refractivity contribution in [3.05, 3.63) is 40.4 Å². The van der Waals surface area contributed by atoms with E-state index in [-0.39, 0.29) is 22.3 Å². The molecule has 0 aliphatic heterocycles. The van der Waals surface area contributed by atoms with E-state index in [0.717, 1.165) is 6.07 Å². The van der Waals surface area contributed by atoms with Gasteiger partial charge in [-0.15, -0.1) is 0 Å². The zero-order valence-corrected chi connectivity index (χ0v) is 10.2. The van der Waals surface area contributed by atoms with Crippen LogP contribution in [0.4, 0.5) is 10.3 Å². The van der Waals surface area contributed by atoms with Crippen molar-refractivity contribution in [3.63, 3.8) is 0 Å². The third-order valence-electron chi connectivity index (χ3n) is 2.22. The molecule has 18 heavy (non-hydrogen) atoms. The molecular weight excluding hydrogens is 259 g/mol. The summed E-state index contributed by atoms with van der Waals surface area (Å²) in [4.78, 5) is 3.94. The van der Waals surface area contributed by atoms with Gasteiger partial charge in [-0.05, 0) is 13.0 Å². The predicted octanol–water partition coefficient (Wildman–Crippen LogP) is 2.15. The Bertz CT molecular complexity index is 624. The second-order valence-electron chi connectivity index (χ2n) is 3.65. The average molecular weight is 269 g/mol. The highest BCUT2D eigenvalue weighted by molar-refractivity contribution is 6.32. The second-order valence-corrected chi connectivity index (χ2v) is 4.06. The number of nitrogen functional groups attached to an aromatic ring is 1. The lowest BCUT2D eigenvalue weighted by atomic mass is 10.2. The van der Waals surface area contributed by atoms with E-state index in [1.165, 1.54) is 17.0 Å². The van der Waals surface area contributed by atoms with Crippen LogP contribution in [0, 0.1) is 12.7 Å². The minimum absolute atomic E-state index is 0.0487. The molecule has 0 spiro atoms. The predicted molar refractivity (Wildman–Crippen MR) is 67.4 cm³/mol. The largest absolute Gasteiger partial charge is 0.506 e. The quantitative estimate of drug-likeness (QED) is 0.820. The Kier molecular flexibility index (Phi) is 3.20. The minimum atomic E-state index is -0.629. The minimum Gasteiger partial charge on any atom is -0.506 e. The van der Waals surface area contributed by atoms with Crippen LogP contribution >= 0.6 is 11.6 Å². The molecule has 0 aliphatic rings. The number of halogens is 2. The van der Waals surface area contributed by atoms with E-state index in [1.807, 2.05) is 0 Å². The first-order valence-electron chi connectivity index (χ1n) is 5.01. The van der Waals surface area contributed by atoms with Gasteiger partial charge >= 0.3 is 0 Å². The maximum Gasteiger partial charge on any atom is 0.221 e. The SMILES string of the molecule is Cc1cn(N=Cc2cc(Cl)c(O)cc2F)c(N)n1. The van der Waals surface area contributed by atoms with Gasteiger partial charge in [0.05, 0.1) is 23.1 Å². The molecule has 0 radical (unpaired) electrons. The Morgan fingerprint density at radius 3 is 2.89 bits per heavy atom. The number of phenolic OH excluding ortho intramolecular Hbond substituents is 1. The first kappa shape index (κ1) is 12.4. The van der Waals surface area contributed by atoms with Gasteiger partial charge < -0.3 is 10.8 Å². The fourth-order valence-corrected chi connectivity index (χ4v) is 1.54. The molecule has 94 valence electrons. The van der Waals surface area contributed by atoms with Crippen LogP contribution in [-0.2, 0) is 0 Å². The van der Waals surface area contributed by atoms with Crippen LogP contribution in [0.5, 0.6) is 5.75 Å². The number of hydrogen-bond acceptors (Lipinski definition) is 4.